The number of nitriles is 2. The van der Waals surface area contributed by atoms with Gasteiger partial charge in [0.25, 0.3) is 0 Å². The summed E-state index contributed by atoms with van der Waals surface area (Å²) < 4.78 is 0.783. The zero-order valence-corrected chi connectivity index (χ0v) is 14.3. The van der Waals surface area contributed by atoms with Crippen LogP contribution in [0.15, 0.2) is 12.3 Å². The zero-order valence-electron chi connectivity index (χ0n) is 13.5. The van der Waals surface area contributed by atoms with Crippen LogP contribution < -0.4 is 10.2 Å². The number of piperidine rings is 1. The molecular weight excluding hydrogens is 336 g/mol. The molecule has 0 unspecified atom stereocenters. The first-order valence-corrected chi connectivity index (χ1v) is 9.17. The van der Waals surface area contributed by atoms with Crippen molar-refractivity contribution in [1.29, 1.82) is 10.5 Å². The van der Waals surface area contributed by atoms with E-state index in [1.807, 2.05) is 4.90 Å². The standard InChI is InChI=1S/C17H16N6OS/c18-8-11-2-1-3-12(9-19)23(11)17-21-13-6-7-20-15(14(13)25-17)22-16(24)10-4-5-10/h6-7,10-12H,1-5H2,(H,20,22,24)/t11-,12+. The maximum Gasteiger partial charge on any atom is 0.228 e. The smallest absolute Gasteiger partial charge is 0.228 e. The molecule has 1 aliphatic carbocycles. The summed E-state index contributed by atoms with van der Waals surface area (Å²) in [6.07, 6.45) is 5.80. The molecule has 2 atom stereocenters. The lowest BCUT2D eigenvalue weighted by molar-refractivity contribution is -0.117. The Labute approximate surface area is 148 Å². The SMILES string of the molecule is N#C[C@@H]1CCC[C@H](C#N)N1c1nc2ccnc(NC(=O)C3CC3)c2s1. The van der Waals surface area contributed by atoms with Crippen LogP contribution in [0.5, 0.6) is 0 Å². The van der Waals surface area contributed by atoms with Crippen molar-refractivity contribution >= 4 is 38.4 Å². The molecule has 25 heavy (non-hydrogen) atoms. The van der Waals surface area contributed by atoms with Crippen LogP contribution in [0.4, 0.5) is 10.9 Å². The van der Waals surface area contributed by atoms with E-state index in [1.54, 1.807) is 12.3 Å². The number of pyridine rings is 1. The van der Waals surface area contributed by atoms with Gasteiger partial charge in [0.1, 0.15) is 12.1 Å². The highest BCUT2D eigenvalue weighted by atomic mass is 32.1. The van der Waals surface area contributed by atoms with Gasteiger partial charge in [-0.15, -0.1) is 0 Å². The number of carbonyl (C=O) groups is 1. The molecule has 3 heterocycles. The van der Waals surface area contributed by atoms with Crippen LogP contribution in [0.25, 0.3) is 10.2 Å². The molecule has 2 aliphatic rings. The fourth-order valence-electron chi connectivity index (χ4n) is 3.13. The molecule has 2 aromatic heterocycles. The summed E-state index contributed by atoms with van der Waals surface area (Å²) in [7, 11) is 0. The molecule has 1 N–H and O–H groups in total. The van der Waals surface area contributed by atoms with E-state index in [9.17, 15) is 15.3 Å². The average molecular weight is 352 g/mol. The van der Waals surface area contributed by atoms with E-state index in [0.717, 1.165) is 42.3 Å². The third kappa shape index (κ3) is 2.90. The Bertz CT molecular complexity index is 884. The molecule has 0 radical (unpaired) electrons. The fourth-order valence-corrected chi connectivity index (χ4v) is 4.23. The van der Waals surface area contributed by atoms with Gasteiger partial charge in [0.05, 0.1) is 22.4 Å². The highest BCUT2D eigenvalue weighted by molar-refractivity contribution is 7.22. The van der Waals surface area contributed by atoms with Crippen LogP contribution in [-0.2, 0) is 4.79 Å². The maximum atomic E-state index is 12.1. The van der Waals surface area contributed by atoms with Crippen LogP contribution in [0, 0.1) is 28.6 Å². The van der Waals surface area contributed by atoms with Crippen LogP contribution in [0.2, 0.25) is 0 Å². The Balaban J connectivity index is 1.71. The zero-order chi connectivity index (χ0) is 17.4. The number of anilines is 2. The van der Waals surface area contributed by atoms with Gasteiger partial charge >= 0.3 is 0 Å². The second-order valence-electron chi connectivity index (χ2n) is 6.40. The number of aromatic nitrogens is 2. The summed E-state index contributed by atoms with van der Waals surface area (Å²) in [6, 6.07) is 5.66. The molecule has 0 aromatic carbocycles. The lowest BCUT2D eigenvalue weighted by Crippen LogP contribution is -2.45. The van der Waals surface area contributed by atoms with Gasteiger partial charge in [0, 0.05) is 12.1 Å². The number of nitrogens with zero attached hydrogens (tertiary/aromatic N) is 5. The Morgan fingerprint density at radius 1 is 1.24 bits per heavy atom. The third-order valence-electron chi connectivity index (χ3n) is 4.63. The lowest BCUT2D eigenvalue weighted by atomic mass is 9.98. The second-order valence-corrected chi connectivity index (χ2v) is 7.37. The molecular formula is C17H16N6OS. The predicted molar refractivity (Wildman–Crippen MR) is 93.9 cm³/mol. The van der Waals surface area contributed by atoms with Crippen molar-refractivity contribution in [2.24, 2.45) is 5.92 Å². The van der Waals surface area contributed by atoms with E-state index in [0.29, 0.717) is 10.9 Å². The monoisotopic (exact) mass is 352 g/mol. The highest BCUT2D eigenvalue weighted by Crippen LogP contribution is 2.38. The molecule has 2 fully saturated rings. The maximum absolute atomic E-state index is 12.1. The Morgan fingerprint density at radius 3 is 2.60 bits per heavy atom. The second kappa shape index (κ2) is 6.30. The number of carbonyl (C=O) groups excluding carboxylic acids is 1. The largest absolute Gasteiger partial charge is 0.316 e. The lowest BCUT2D eigenvalue weighted by Gasteiger charge is -2.35. The van der Waals surface area contributed by atoms with E-state index in [-0.39, 0.29) is 23.9 Å². The first-order valence-electron chi connectivity index (χ1n) is 8.35. The van der Waals surface area contributed by atoms with Crippen molar-refractivity contribution in [3.63, 3.8) is 0 Å². The molecule has 7 nitrogen and oxygen atoms in total. The van der Waals surface area contributed by atoms with Crippen LogP contribution in [0.3, 0.4) is 0 Å². The summed E-state index contributed by atoms with van der Waals surface area (Å²) in [5, 5.41) is 22.4. The molecule has 0 bridgehead atoms. The van der Waals surface area contributed by atoms with E-state index in [4.69, 9.17) is 0 Å². The minimum absolute atomic E-state index is 0.00211. The molecule has 1 aliphatic heterocycles. The number of hydrogen-bond donors (Lipinski definition) is 1. The minimum Gasteiger partial charge on any atom is -0.316 e. The first kappa shape index (κ1) is 15.8. The van der Waals surface area contributed by atoms with Crippen molar-refractivity contribution < 1.29 is 4.79 Å². The topological polar surface area (TPSA) is 106 Å². The van der Waals surface area contributed by atoms with Crippen molar-refractivity contribution in [2.45, 2.75) is 44.2 Å². The molecule has 1 saturated heterocycles. The Kier molecular flexibility index (Phi) is 3.98. The molecule has 126 valence electrons. The van der Waals surface area contributed by atoms with Crippen LogP contribution in [-0.4, -0.2) is 28.0 Å². The molecule has 2 aromatic rings. The van der Waals surface area contributed by atoms with Crippen molar-refractivity contribution in [2.75, 3.05) is 10.2 Å². The van der Waals surface area contributed by atoms with E-state index in [2.05, 4.69) is 27.4 Å². The summed E-state index contributed by atoms with van der Waals surface area (Å²) >= 11 is 1.38. The fraction of sp³-hybridized carbons (Fsp3) is 0.471. The van der Waals surface area contributed by atoms with Gasteiger partial charge in [-0.25, -0.2) is 9.97 Å². The van der Waals surface area contributed by atoms with Crippen molar-refractivity contribution in [3.05, 3.63) is 12.3 Å². The van der Waals surface area contributed by atoms with Gasteiger partial charge in [-0.05, 0) is 38.2 Å². The van der Waals surface area contributed by atoms with Gasteiger partial charge < -0.3 is 10.2 Å². The Morgan fingerprint density at radius 2 is 1.96 bits per heavy atom. The highest BCUT2D eigenvalue weighted by Gasteiger charge is 2.34. The van der Waals surface area contributed by atoms with E-state index in [1.165, 1.54) is 11.3 Å². The average Bonchev–Trinajstić information content (AvgIpc) is 3.40. The van der Waals surface area contributed by atoms with Gasteiger partial charge in [-0.2, -0.15) is 10.5 Å². The molecule has 0 spiro atoms. The number of thiazole rings is 1. The van der Waals surface area contributed by atoms with Gasteiger partial charge in [-0.1, -0.05) is 11.3 Å². The third-order valence-corrected chi connectivity index (χ3v) is 5.72. The number of rotatable bonds is 3. The summed E-state index contributed by atoms with van der Waals surface area (Å²) in [4.78, 5) is 22.8. The summed E-state index contributed by atoms with van der Waals surface area (Å²) in [6.45, 7) is 0. The van der Waals surface area contributed by atoms with Gasteiger partial charge in [-0.3, -0.25) is 4.79 Å². The van der Waals surface area contributed by atoms with Gasteiger partial charge in [0.2, 0.25) is 5.91 Å². The number of hydrogen-bond acceptors (Lipinski definition) is 7. The summed E-state index contributed by atoms with van der Waals surface area (Å²) in [5.41, 5.74) is 0.722. The van der Waals surface area contributed by atoms with Gasteiger partial charge in [0.15, 0.2) is 10.9 Å². The first-order chi connectivity index (χ1) is 12.2. The number of fused-ring (bicyclic) bond motifs is 1. The number of nitrogens with one attached hydrogen (secondary N) is 1. The van der Waals surface area contributed by atoms with Crippen molar-refractivity contribution in [1.82, 2.24) is 9.97 Å². The van der Waals surface area contributed by atoms with E-state index >= 15 is 0 Å². The van der Waals surface area contributed by atoms with Crippen LogP contribution in [0.1, 0.15) is 32.1 Å². The predicted octanol–water partition coefficient (Wildman–Crippen LogP) is 2.81. The van der Waals surface area contributed by atoms with Crippen LogP contribution >= 0.6 is 11.3 Å². The minimum atomic E-state index is -0.351. The van der Waals surface area contributed by atoms with E-state index < -0.39 is 0 Å². The Hall–Kier alpha value is -2.71. The molecule has 4 rings (SSSR count). The molecule has 1 amide bonds. The molecule has 1 saturated carbocycles. The molecule has 8 heteroatoms. The quantitative estimate of drug-likeness (QED) is 0.910. The summed E-state index contributed by atoms with van der Waals surface area (Å²) in [5.74, 6) is 0.604. The van der Waals surface area contributed by atoms with Crippen molar-refractivity contribution in [3.8, 4) is 12.1 Å². The number of amides is 1. The normalized spacial score (nSPS) is 23.0.